The Balaban J connectivity index is 1.43. The molecule has 0 fully saturated rings. The summed E-state index contributed by atoms with van der Waals surface area (Å²) in [4.78, 5) is 16.3. The maximum Gasteiger partial charge on any atom is 0.416 e. The van der Waals surface area contributed by atoms with E-state index in [2.05, 4.69) is 10.3 Å². The van der Waals surface area contributed by atoms with Gasteiger partial charge in [0.15, 0.2) is 0 Å². The molecule has 4 rings (SSSR count). The Kier molecular flexibility index (Phi) is 5.82. The van der Waals surface area contributed by atoms with Gasteiger partial charge in [-0.2, -0.15) is 26.3 Å². The number of benzene rings is 2. The summed E-state index contributed by atoms with van der Waals surface area (Å²) in [6, 6.07) is 9.19. The molecule has 0 spiro atoms. The van der Waals surface area contributed by atoms with E-state index in [0.717, 1.165) is 0 Å². The Labute approximate surface area is 187 Å². The SMILES string of the molecule is O=C(Nc1ccc(Oc2ccn3ccnc3c2)cc1)Nc1cc(C(F)(F)F)cc(C(F)(F)F)c1. The number of alkyl halides is 6. The fraction of sp³-hybridized carbons (Fsp3) is 0.0909. The summed E-state index contributed by atoms with van der Waals surface area (Å²) >= 11 is 0. The zero-order chi connectivity index (χ0) is 24.5. The third kappa shape index (κ3) is 5.39. The average Bonchev–Trinajstić information content (AvgIpc) is 3.21. The highest BCUT2D eigenvalue weighted by molar-refractivity contribution is 5.99. The van der Waals surface area contributed by atoms with Gasteiger partial charge in [-0.3, -0.25) is 0 Å². The first-order chi connectivity index (χ1) is 16.0. The number of carbonyl (C=O) groups excluding carboxylic acids is 1. The molecule has 0 aliphatic rings. The Morgan fingerprint density at radius 1 is 0.765 bits per heavy atom. The van der Waals surface area contributed by atoms with Crippen LogP contribution in [0.15, 0.2) is 73.2 Å². The van der Waals surface area contributed by atoms with Crippen LogP contribution in [0.5, 0.6) is 11.5 Å². The zero-order valence-electron chi connectivity index (χ0n) is 16.9. The number of fused-ring (bicyclic) bond motifs is 1. The Hall–Kier alpha value is -4.22. The van der Waals surface area contributed by atoms with Gasteiger partial charge in [-0.1, -0.05) is 0 Å². The molecule has 0 radical (unpaired) electrons. The van der Waals surface area contributed by atoms with Crippen molar-refractivity contribution in [2.24, 2.45) is 0 Å². The predicted molar refractivity (Wildman–Crippen MR) is 111 cm³/mol. The van der Waals surface area contributed by atoms with Crippen molar-refractivity contribution < 1.29 is 35.9 Å². The highest BCUT2D eigenvalue weighted by Crippen LogP contribution is 2.37. The number of nitrogens with zero attached hydrogens (tertiary/aromatic N) is 2. The van der Waals surface area contributed by atoms with E-state index in [0.29, 0.717) is 29.3 Å². The summed E-state index contributed by atoms with van der Waals surface area (Å²) in [6.45, 7) is 0. The monoisotopic (exact) mass is 480 g/mol. The summed E-state index contributed by atoms with van der Waals surface area (Å²) in [5.41, 5.74) is -2.82. The van der Waals surface area contributed by atoms with Crippen LogP contribution in [0.3, 0.4) is 0 Å². The van der Waals surface area contributed by atoms with Gasteiger partial charge in [0, 0.05) is 36.0 Å². The van der Waals surface area contributed by atoms with E-state index in [1.807, 2.05) is 5.32 Å². The number of carbonyl (C=O) groups is 1. The van der Waals surface area contributed by atoms with E-state index in [-0.39, 0.29) is 11.8 Å². The Bertz CT molecular complexity index is 1300. The molecule has 176 valence electrons. The second kappa shape index (κ2) is 8.61. The zero-order valence-corrected chi connectivity index (χ0v) is 16.9. The molecule has 2 aromatic carbocycles. The molecule has 2 aromatic heterocycles. The first-order valence-corrected chi connectivity index (χ1v) is 9.55. The second-order valence-electron chi connectivity index (χ2n) is 7.06. The fourth-order valence-electron chi connectivity index (χ4n) is 3.02. The van der Waals surface area contributed by atoms with E-state index in [1.165, 1.54) is 24.3 Å². The van der Waals surface area contributed by atoms with E-state index < -0.39 is 35.2 Å². The number of ether oxygens (including phenoxy) is 1. The lowest BCUT2D eigenvalue weighted by Crippen LogP contribution is -2.20. The third-order valence-electron chi connectivity index (χ3n) is 4.56. The number of pyridine rings is 1. The van der Waals surface area contributed by atoms with Gasteiger partial charge in [0.2, 0.25) is 0 Å². The van der Waals surface area contributed by atoms with Crippen LogP contribution in [-0.2, 0) is 12.4 Å². The van der Waals surface area contributed by atoms with Crippen molar-refractivity contribution in [1.29, 1.82) is 0 Å². The minimum atomic E-state index is -5.02. The molecule has 0 bridgehead atoms. The molecule has 0 aliphatic heterocycles. The highest BCUT2D eigenvalue weighted by atomic mass is 19.4. The van der Waals surface area contributed by atoms with Crippen LogP contribution in [0.4, 0.5) is 42.5 Å². The number of halogens is 6. The van der Waals surface area contributed by atoms with Crippen LogP contribution in [0.25, 0.3) is 5.65 Å². The van der Waals surface area contributed by atoms with Gasteiger partial charge in [-0.25, -0.2) is 9.78 Å². The normalized spacial score (nSPS) is 11.9. The lowest BCUT2D eigenvalue weighted by molar-refractivity contribution is -0.143. The first kappa shape index (κ1) is 23.0. The van der Waals surface area contributed by atoms with E-state index in [4.69, 9.17) is 4.74 Å². The van der Waals surface area contributed by atoms with Crippen molar-refractivity contribution in [2.45, 2.75) is 12.4 Å². The number of anilines is 2. The van der Waals surface area contributed by atoms with Crippen molar-refractivity contribution in [1.82, 2.24) is 9.38 Å². The number of imidazole rings is 1. The Morgan fingerprint density at radius 3 is 2.00 bits per heavy atom. The van der Waals surface area contributed by atoms with E-state index >= 15 is 0 Å². The van der Waals surface area contributed by atoms with E-state index in [1.54, 1.807) is 35.1 Å². The highest BCUT2D eigenvalue weighted by Gasteiger charge is 2.37. The van der Waals surface area contributed by atoms with Crippen molar-refractivity contribution >= 4 is 23.1 Å². The molecule has 12 heteroatoms. The van der Waals surface area contributed by atoms with Crippen LogP contribution < -0.4 is 15.4 Å². The Morgan fingerprint density at radius 2 is 1.38 bits per heavy atom. The quantitative estimate of drug-likeness (QED) is 0.316. The molecular weight excluding hydrogens is 466 g/mol. The molecule has 0 aliphatic carbocycles. The standard InChI is InChI=1S/C22H14F6N4O2/c23-21(24,25)13-9-14(22(26,27)28)11-16(10-13)31-20(33)30-15-1-3-17(4-2-15)34-18-5-7-32-8-6-29-19(32)12-18/h1-12H,(H2,30,31,33). The van der Waals surface area contributed by atoms with Gasteiger partial charge in [0.05, 0.1) is 11.1 Å². The summed E-state index contributed by atoms with van der Waals surface area (Å²) in [6.07, 6.45) is -4.88. The number of hydrogen-bond acceptors (Lipinski definition) is 3. The van der Waals surface area contributed by atoms with Crippen LogP contribution in [0.1, 0.15) is 11.1 Å². The van der Waals surface area contributed by atoms with Crippen LogP contribution in [0.2, 0.25) is 0 Å². The predicted octanol–water partition coefficient (Wildman–Crippen LogP) is 6.81. The maximum atomic E-state index is 13.0. The summed E-state index contributed by atoms with van der Waals surface area (Å²) in [7, 11) is 0. The fourth-order valence-corrected chi connectivity index (χ4v) is 3.02. The number of amides is 2. The first-order valence-electron chi connectivity index (χ1n) is 9.55. The van der Waals surface area contributed by atoms with Gasteiger partial charge in [-0.05, 0) is 48.5 Å². The van der Waals surface area contributed by atoms with Gasteiger partial charge in [-0.15, -0.1) is 0 Å². The molecule has 4 aromatic rings. The number of urea groups is 1. The van der Waals surface area contributed by atoms with Crippen LogP contribution >= 0.6 is 0 Å². The van der Waals surface area contributed by atoms with Crippen LogP contribution in [-0.4, -0.2) is 15.4 Å². The topological polar surface area (TPSA) is 67.7 Å². The van der Waals surface area contributed by atoms with Crippen molar-refractivity contribution in [3.8, 4) is 11.5 Å². The molecule has 0 atom stereocenters. The summed E-state index contributed by atoms with van der Waals surface area (Å²) in [5, 5.41) is 4.33. The molecular formula is C22H14F6N4O2. The molecule has 0 unspecified atom stereocenters. The number of aromatic nitrogens is 2. The third-order valence-corrected chi connectivity index (χ3v) is 4.56. The van der Waals surface area contributed by atoms with Crippen LogP contribution in [0, 0.1) is 0 Å². The second-order valence-corrected chi connectivity index (χ2v) is 7.06. The molecule has 6 nitrogen and oxygen atoms in total. The van der Waals surface area contributed by atoms with Gasteiger partial charge >= 0.3 is 18.4 Å². The molecule has 2 amide bonds. The smallest absolute Gasteiger partial charge is 0.416 e. The molecule has 2 N–H and O–H groups in total. The summed E-state index contributed by atoms with van der Waals surface area (Å²) < 4.78 is 85.3. The largest absolute Gasteiger partial charge is 0.457 e. The number of nitrogens with one attached hydrogen (secondary N) is 2. The summed E-state index contributed by atoms with van der Waals surface area (Å²) in [5.74, 6) is 0.941. The van der Waals surface area contributed by atoms with Crippen molar-refractivity contribution in [3.05, 3.63) is 84.3 Å². The number of hydrogen-bond donors (Lipinski definition) is 2. The minimum absolute atomic E-state index is 0.0217. The average molecular weight is 480 g/mol. The lowest BCUT2D eigenvalue weighted by atomic mass is 10.1. The lowest BCUT2D eigenvalue weighted by Gasteiger charge is -2.15. The molecule has 2 heterocycles. The van der Waals surface area contributed by atoms with Crippen molar-refractivity contribution in [3.63, 3.8) is 0 Å². The van der Waals surface area contributed by atoms with E-state index in [9.17, 15) is 31.1 Å². The van der Waals surface area contributed by atoms with Gasteiger partial charge < -0.3 is 19.8 Å². The van der Waals surface area contributed by atoms with Crippen molar-refractivity contribution in [2.75, 3.05) is 10.6 Å². The number of rotatable bonds is 4. The molecule has 0 saturated heterocycles. The maximum absolute atomic E-state index is 13.0. The minimum Gasteiger partial charge on any atom is -0.457 e. The molecule has 0 saturated carbocycles. The van der Waals surface area contributed by atoms with Gasteiger partial charge in [0.1, 0.15) is 17.1 Å². The molecule has 34 heavy (non-hydrogen) atoms. The van der Waals surface area contributed by atoms with Gasteiger partial charge in [0.25, 0.3) is 0 Å².